The maximum Gasteiger partial charge on any atom is 0.0652 e. The number of fused-ring (bicyclic) bond motifs is 1. The Balaban J connectivity index is 1.97. The first-order chi connectivity index (χ1) is 8.86. The van der Waals surface area contributed by atoms with E-state index in [4.69, 9.17) is 10.5 Å². The minimum absolute atomic E-state index is 0.0139. The predicted octanol–water partition coefficient (Wildman–Crippen LogP) is 2.66. The van der Waals surface area contributed by atoms with Crippen LogP contribution in [0.5, 0.6) is 0 Å². The summed E-state index contributed by atoms with van der Waals surface area (Å²) in [4.78, 5) is 4.52. The number of hydrogen-bond acceptors (Lipinski definition) is 3. The van der Waals surface area contributed by atoms with Crippen LogP contribution in [-0.4, -0.2) is 18.2 Å². The van der Waals surface area contributed by atoms with Crippen LogP contribution in [0.1, 0.15) is 24.6 Å². The van der Waals surface area contributed by atoms with Crippen molar-refractivity contribution in [1.29, 1.82) is 0 Å². The largest absolute Gasteiger partial charge is 0.381 e. The third kappa shape index (κ3) is 2.11. The van der Waals surface area contributed by atoms with Gasteiger partial charge in [-0.25, -0.2) is 0 Å². The second-order valence-corrected chi connectivity index (χ2v) is 4.89. The fraction of sp³-hybridized carbons (Fsp3) is 0.400. The molecule has 1 aromatic carbocycles. The fourth-order valence-electron chi connectivity index (χ4n) is 2.71. The van der Waals surface area contributed by atoms with Crippen LogP contribution in [0.15, 0.2) is 36.5 Å². The van der Waals surface area contributed by atoms with E-state index >= 15 is 0 Å². The highest BCUT2D eigenvalue weighted by atomic mass is 16.5. The fourth-order valence-corrected chi connectivity index (χ4v) is 2.71. The van der Waals surface area contributed by atoms with E-state index < -0.39 is 0 Å². The summed E-state index contributed by atoms with van der Waals surface area (Å²) in [5.74, 6) is 0.483. The topological polar surface area (TPSA) is 48.1 Å². The Morgan fingerprint density at radius 3 is 2.78 bits per heavy atom. The zero-order chi connectivity index (χ0) is 12.4. The molecule has 3 rings (SSSR count). The predicted molar refractivity (Wildman–Crippen MR) is 72.2 cm³/mol. The molecule has 2 N–H and O–H groups in total. The Morgan fingerprint density at radius 2 is 1.94 bits per heavy atom. The van der Waals surface area contributed by atoms with Gasteiger partial charge >= 0.3 is 0 Å². The maximum atomic E-state index is 6.42. The molecule has 1 aromatic heterocycles. The van der Waals surface area contributed by atoms with Gasteiger partial charge in [0.05, 0.1) is 11.7 Å². The molecule has 0 saturated carbocycles. The van der Waals surface area contributed by atoms with E-state index in [0.29, 0.717) is 5.92 Å². The monoisotopic (exact) mass is 242 g/mol. The number of rotatable bonds is 2. The average Bonchev–Trinajstić information content (AvgIpc) is 2.47. The summed E-state index contributed by atoms with van der Waals surface area (Å²) in [5.41, 5.74) is 7.45. The Morgan fingerprint density at radius 1 is 1.17 bits per heavy atom. The molecule has 0 radical (unpaired) electrons. The first kappa shape index (κ1) is 11.6. The van der Waals surface area contributed by atoms with Crippen LogP contribution in [0.25, 0.3) is 10.8 Å². The van der Waals surface area contributed by atoms with Gasteiger partial charge in [-0.15, -0.1) is 0 Å². The molecule has 1 fully saturated rings. The number of nitrogens with zero attached hydrogens (tertiary/aromatic N) is 1. The molecule has 0 amide bonds. The third-order valence-electron chi connectivity index (χ3n) is 3.79. The van der Waals surface area contributed by atoms with Crippen LogP contribution in [0.2, 0.25) is 0 Å². The minimum atomic E-state index is 0.0139. The van der Waals surface area contributed by atoms with Gasteiger partial charge in [-0.3, -0.25) is 4.98 Å². The Labute approximate surface area is 107 Å². The van der Waals surface area contributed by atoms with E-state index in [9.17, 15) is 0 Å². The molecule has 1 unspecified atom stereocenters. The molecular formula is C15H18N2O. The molecule has 1 aliphatic rings. The summed E-state index contributed by atoms with van der Waals surface area (Å²) < 4.78 is 5.40. The van der Waals surface area contributed by atoms with Crippen molar-refractivity contribution in [2.75, 3.05) is 13.2 Å². The average molecular weight is 242 g/mol. The molecular weight excluding hydrogens is 224 g/mol. The first-order valence-corrected chi connectivity index (χ1v) is 6.53. The summed E-state index contributed by atoms with van der Waals surface area (Å²) in [6.07, 6.45) is 3.93. The zero-order valence-corrected chi connectivity index (χ0v) is 10.4. The molecule has 0 aliphatic carbocycles. The number of ether oxygens (including phenoxy) is 1. The van der Waals surface area contributed by atoms with E-state index in [2.05, 4.69) is 17.1 Å². The van der Waals surface area contributed by atoms with Crippen molar-refractivity contribution in [3.8, 4) is 0 Å². The van der Waals surface area contributed by atoms with E-state index in [0.717, 1.165) is 31.7 Å². The van der Waals surface area contributed by atoms with Gasteiger partial charge in [0.15, 0.2) is 0 Å². The van der Waals surface area contributed by atoms with Crippen molar-refractivity contribution < 1.29 is 4.74 Å². The van der Waals surface area contributed by atoms with Crippen molar-refractivity contribution in [1.82, 2.24) is 4.98 Å². The summed E-state index contributed by atoms with van der Waals surface area (Å²) in [6, 6.07) is 10.4. The van der Waals surface area contributed by atoms with Gasteiger partial charge in [-0.2, -0.15) is 0 Å². The van der Waals surface area contributed by atoms with E-state index in [1.54, 1.807) is 0 Å². The number of benzene rings is 1. The van der Waals surface area contributed by atoms with Gasteiger partial charge in [0, 0.05) is 24.8 Å². The van der Waals surface area contributed by atoms with Crippen LogP contribution in [0.4, 0.5) is 0 Å². The summed E-state index contributed by atoms with van der Waals surface area (Å²) in [6.45, 7) is 1.65. The van der Waals surface area contributed by atoms with Crippen LogP contribution >= 0.6 is 0 Å². The van der Waals surface area contributed by atoms with E-state index in [-0.39, 0.29) is 6.04 Å². The van der Waals surface area contributed by atoms with Crippen molar-refractivity contribution in [2.45, 2.75) is 18.9 Å². The first-order valence-electron chi connectivity index (χ1n) is 6.53. The highest BCUT2D eigenvalue weighted by Gasteiger charge is 2.24. The van der Waals surface area contributed by atoms with Crippen molar-refractivity contribution in [3.63, 3.8) is 0 Å². The Kier molecular flexibility index (Phi) is 3.26. The van der Waals surface area contributed by atoms with Gasteiger partial charge in [-0.1, -0.05) is 24.3 Å². The van der Waals surface area contributed by atoms with Gasteiger partial charge in [0.1, 0.15) is 0 Å². The molecule has 94 valence electrons. The van der Waals surface area contributed by atoms with Crippen molar-refractivity contribution >= 4 is 10.8 Å². The number of aromatic nitrogens is 1. The van der Waals surface area contributed by atoms with Gasteiger partial charge in [0.25, 0.3) is 0 Å². The number of nitrogens with two attached hydrogens (primary N) is 1. The molecule has 3 heteroatoms. The molecule has 1 saturated heterocycles. The summed E-state index contributed by atoms with van der Waals surface area (Å²) in [7, 11) is 0. The highest BCUT2D eigenvalue weighted by molar-refractivity contribution is 5.84. The van der Waals surface area contributed by atoms with Crippen LogP contribution in [-0.2, 0) is 4.74 Å². The lowest BCUT2D eigenvalue weighted by molar-refractivity contribution is 0.0581. The normalized spacial score (nSPS) is 18.9. The second-order valence-electron chi connectivity index (χ2n) is 4.89. The molecule has 2 aromatic rings. The lowest BCUT2D eigenvalue weighted by Gasteiger charge is -2.27. The Bertz CT molecular complexity index is 530. The maximum absolute atomic E-state index is 6.42. The van der Waals surface area contributed by atoms with Crippen LogP contribution in [0, 0.1) is 5.92 Å². The lowest BCUT2D eigenvalue weighted by Crippen LogP contribution is -2.28. The zero-order valence-electron chi connectivity index (χ0n) is 10.4. The van der Waals surface area contributed by atoms with Crippen molar-refractivity contribution in [3.05, 3.63) is 42.2 Å². The number of hydrogen-bond donors (Lipinski definition) is 1. The summed E-state index contributed by atoms with van der Waals surface area (Å²) in [5, 5.41) is 2.39. The van der Waals surface area contributed by atoms with Crippen LogP contribution in [0.3, 0.4) is 0 Å². The smallest absolute Gasteiger partial charge is 0.0652 e. The lowest BCUT2D eigenvalue weighted by atomic mass is 9.88. The van der Waals surface area contributed by atoms with E-state index in [1.165, 1.54) is 10.8 Å². The third-order valence-corrected chi connectivity index (χ3v) is 3.79. The van der Waals surface area contributed by atoms with Gasteiger partial charge in [0.2, 0.25) is 0 Å². The molecule has 0 spiro atoms. The Hall–Kier alpha value is -1.45. The quantitative estimate of drug-likeness (QED) is 0.880. The van der Waals surface area contributed by atoms with Crippen molar-refractivity contribution in [2.24, 2.45) is 11.7 Å². The summed E-state index contributed by atoms with van der Waals surface area (Å²) >= 11 is 0. The molecule has 0 bridgehead atoms. The standard InChI is InChI=1S/C15H18N2O/c16-14(12-6-9-18-10-7-12)15-13-4-2-1-3-11(13)5-8-17-15/h1-5,8,12,14H,6-7,9-10,16H2. The SMILES string of the molecule is NC(c1nccc2ccccc12)C1CCOCC1. The molecule has 1 atom stereocenters. The molecule has 2 heterocycles. The van der Waals surface area contributed by atoms with Crippen LogP contribution < -0.4 is 5.73 Å². The van der Waals surface area contributed by atoms with Gasteiger partial charge in [-0.05, 0) is 30.2 Å². The molecule has 18 heavy (non-hydrogen) atoms. The van der Waals surface area contributed by atoms with E-state index in [1.807, 2.05) is 24.4 Å². The number of pyridine rings is 1. The van der Waals surface area contributed by atoms with Gasteiger partial charge < -0.3 is 10.5 Å². The molecule has 3 nitrogen and oxygen atoms in total. The second kappa shape index (κ2) is 5.04. The highest BCUT2D eigenvalue weighted by Crippen LogP contribution is 2.30. The molecule has 1 aliphatic heterocycles. The minimum Gasteiger partial charge on any atom is -0.381 e.